The zero-order chi connectivity index (χ0) is 21.8. The van der Waals surface area contributed by atoms with Crippen molar-refractivity contribution in [1.29, 1.82) is 0 Å². The van der Waals surface area contributed by atoms with Crippen LogP contribution in [0.15, 0.2) is 72.9 Å². The maximum Gasteiger partial charge on any atom is 0.252 e. The van der Waals surface area contributed by atoms with E-state index >= 15 is 0 Å². The van der Waals surface area contributed by atoms with Crippen molar-refractivity contribution in [3.05, 3.63) is 89.9 Å². The Kier molecular flexibility index (Phi) is 5.72. The highest BCUT2D eigenvalue weighted by atomic mass is 19.1. The van der Waals surface area contributed by atoms with Gasteiger partial charge in [0.05, 0.1) is 17.1 Å². The van der Waals surface area contributed by atoms with Crippen molar-refractivity contribution in [2.45, 2.75) is 6.04 Å². The van der Waals surface area contributed by atoms with Gasteiger partial charge in [0.15, 0.2) is 11.6 Å². The Labute approximate surface area is 178 Å². The number of nitrogens with two attached hydrogens (primary N) is 2. The third-order valence-electron chi connectivity index (χ3n) is 4.86. The number of amides is 1. The molecule has 0 aliphatic heterocycles. The number of benzene rings is 2. The number of rotatable bonds is 7. The van der Waals surface area contributed by atoms with Crippen molar-refractivity contribution in [3.8, 4) is 0 Å². The monoisotopic (exact) mass is 416 g/mol. The van der Waals surface area contributed by atoms with Crippen LogP contribution < -0.4 is 22.1 Å². The normalized spacial score (nSPS) is 11.8. The molecule has 156 valence electrons. The van der Waals surface area contributed by atoms with Gasteiger partial charge in [0.2, 0.25) is 0 Å². The van der Waals surface area contributed by atoms with Crippen molar-refractivity contribution >= 4 is 34.1 Å². The molecular weight excluding hydrogens is 395 g/mol. The second-order valence-electron chi connectivity index (χ2n) is 6.96. The summed E-state index contributed by atoms with van der Waals surface area (Å²) in [6, 6.07) is 19.4. The number of hydrogen-bond acceptors (Lipinski definition) is 6. The number of hydrogen-bond donors (Lipinski definition) is 4. The highest BCUT2D eigenvalue weighted by molar-refractivity contribution is 5.99. The predicted octanol–water partition coefficient (Wildman–Crippen LogP) is 3.72. The molecule has 0 bridgehead atoms. The van der Waals surface area contributed by atoms with E-state index < -0.39 is 11.7 Å². The van der Waals surface area contributed by atoms with Gasteiger partial charge in [-0.1, -0.05) is 36.4 Å². The van der Waals surface area contributed by atoms with Gasteiger partial charge in [-0.15, -0.1) is 0 Å². The molecule has 2 aromatic carbocycles. The minimum atomic E-state index is -0.790. The van der Waals surface area contributed by atoms with E-state index in [0.29, 0.717) is 5.69 Å². The number of anilines is 3. The summed E-state index contributed by atoms with van der Waals surface area (Å²) in [5, 5.41) is 6.99. The molecule has 0 aliphatic rings. The Morgan fingerprint density at radius 1 is 1.03 bits per heavy atom. The van der Waals surface area contributed by atoms with Gasteiger partial charge >= 0.3 is 0 Å². The third-order valence-corrected chi connectivity index (χ3v) is 4.86. The average molecular weight is 416 g/mol. The van der Waals surface area contributed by atoms with Crippen molar-refractivity contribution in [1.82, 2.24) is 9.97 Å². The maximum absolute atomic E-state index is 14.7. The van der Waals surface area contributed by atoms with Gasteiger partial charge in [0, 0.05) is 23.8 Å². The number of primary amides is 1. The molecule has 0 unspecified atom stereocenters. The van der Waals surface area contributed by atoms with Crippen LogP contribution in [0.5, 0.6) is 0 Å². The number of nitrogens with zero attached hydrogens (tertiary/aromatic N) is 2. The molecule has 0 saturated carbocycles. The molecule has 0 spiro atoms. The fraction of sp³-hybridized carbons (Fsp3) is 0.0870. The maximum atomic E-state index is 14.7. The zero-order valence-electron chi connectivity index (χ0n) is 16.5. The zero-order valence-corrected chi connectivity index (χ0v) is 16.5. The topological polar surface area (TPSA) is 119 Å². The molecule has 4 rings (SSSR count). The Balaban J connectivity index is 1.69. The van der Waals surface area contributed by atoms with E-state index in [4.69, 9.17) is 11.5 Å². The van der Waals surface area contributed by atoms with Crippen molar-refractivity contribution < 1.29 is 9.18 Å². The summed E-state index contributed by atoms with van der Waals surface area (Å²) in [6.07, 6.45) is 1.71. The van der Waals surface area contributed by atoms with Crippen LogP contribution in [-0.4, -0.2) is 22.4 Å². The first-order valence-electron chi connectivity index (χ1n) is 9.69. The first-order chi connectivity index (χ1) is 15.0. The number of halogens is 1. The molecule has 6 N–H and O–H groups in total. The molecule has 1 amide bonds. The summed E-state index contributed by atoms with van der Waals surface area (Å²) in [5.74, 6) is -1.38. The molecule has 0 aliphatic carbocycles. The molecule has 8 heteroatoms. The van der Waals surface area contributed by atoms with Crippen LogP contribution in [0.4, 0.5) is 21.7 Å². The number of carbonyl (C=O) groups is 1. The quantitative estimate of drug-likeness (QED) is 0.365. The number of aromatic nitrogens is 2. The SMILES string of the molecule is NC[C@H](Nc1nc(Nc2ccc3ncccc3c2)c(C(N)=O)cc1F)c1ccccc1. The Morgan fingerprint density at radius 3 is 2.58 bits per heavy atom. The molecule has 0 fully saturated rings. The van der Waals surface area contributed by atoms with Gasteiger partial charge in [-0.25, -0.2) is 9.37 Å². The molecular formula is C23H21FN6O. The third kappa shape index (κ3) is 4.44. The van der Waals surface area contributed by atoms with E-state index in [2.05, 4.69) is 20.6 Å². The van der Waals surface area contributed by atoms with Gasteiger partial charge < -0.3 is 22.1 Å². The minimum absolute atomic E-state index is 0.0331. The summed E-state index contributed by atoms with van der Waals surface area (Å²) in [5.41, 5.74) is 13.7. The summed E-state index contributed by atoms with van der Waals surface area (Å²) < 4.78 is 14.7. The van der Waals surface area contributed by atoms with Gasteiger partial charge in [0.25, 0.3) is 5.91 Å². The van der Waals surface area contributed by atoms with Crippen molar-refractivity contribution in [2.75, 3.05) is 17.2 Å². The number of fused-ring (bicyclic) bond motifs is 1. The Morgan fingerprint density at radius 2 is 1.84 bits per heavy atom. The van der Waals surface area contributed by atoms with E-state index in [-0.39, 0.29) is 29.8 Å². The summed E-state index contributed by atoms with van der Waals surface area (Å²) in [4.78, 5) is 20.5. The predicted molar refractivity (Wildman–Crippen MR) is 120 cm³/mol. The van der Waals surface area contributed by atoms with Crippen LogP contribution in [0.25, 0.3) is 10.9 Å². The lowest BCUT2D eigenvalue weighted by Crippen LogP contribution is -2.23. The average Bonchev–Trinajstić information content (AvgIpc) is 2.79. The lowest BCUT2D eigenvalue weighted by molar-refractivity contribution is 0.100. The molecule has 4 aromatic rings. The van der Waals surface area contributed by atoms with Crippen LogP contribution in [0.1, 0.15) is 22.0 Å². The van der Waals surface area contributed by atoms with E-state index in [9.17, 15) is 9.18 Å². The number of nitrogens with one attached hydrogen (secondary N) is 2. The lowest BCUT2D eigenvalue weighted by Gasteiger charge is -2.20. The molecule has 1 atom stereocenters. The van der Waals surface area contributed by atoms with Crippen LogP contribution in [0.2, 0.25) is 0 Å². The summed E-state index contributed by atoms with van der Waals surface area (Å²) >= 11 is 0. The standard InChI is InChI=1S/C23H21FN6O/c24-18-12-17(21(26)31)22(28-16-8-9-19-15(11-16)7-4-10-27-19)30-23(18)29-20(13-25)14-5-2-1-3-6-14/h1-12,20H,13,25H2,(H2,26,31)(H2,28,29,30)/t20-/m0/s1. The highest BCUT2D eigenvalue weighted by Gasteiger charge is 2.19. The first kappa shape index (κ1) is 20.2. The number of pyridine rings is 2. The molecule has 0 saturated heterocycles. The largest absolute Gasteiger partial charge is 0.365 e. The van der Waals surface area contributed by atoms with E-state index in [1.807, 2.05) is 54.6 Å². The van der Waals surface area contributed by atoms with E-state index in [1.54, 1.807) is 12.3 Å². The fourth-order valence-corrected chi connectivity index (χ4v) is 3.29. The van der Waals surface area contributed by atoms with Crippen LogP contribution in [-0.2, 0) is 0 Å². The second kappa shape index (κ2) is 8.76. The van der Waals surface area contributed by atoms with Crippen LogP contribution in [0.3, 0.4) is 0 Å². The number of carbonyl (C=O) groups excluding carboxylic acids is 1. The Hall–Kier alpha value is -4.04. The summed E-state index contributed by atoms with van der Waals surface area (Å²) in [6.45, 7) is 0.225. The highest BCUT2D eigenvalue weighted by Crippen LogP contribution is 2.27. The van der Waals surface area contributed by atoms with Gasteiger partial charge in [-0.3, -0.25) is 9.78 Å². The summed E-state index contributed by atoms with van der Waals surface area (Å²) in [7, 11) is 0. The minimum Gasteiger partial charge on any atom is -0.365 e. The molecule has 2 aromatic heterocycles. The van der Waals surface area contributed by atoms with Crippen LogP contribution in [0, 0.1) is 5.82 Å². The Bertz CT molecular complexity index is 1230. The van der Waals surface area contributed by atoms with Crippen LogP contribution >= 0.6 is 0 Å². The fourth-order valence-electron chi connectivity index (χ4n) is 3.29. The van der Waals surface area contributed by atoms with Crippen molar-refractivity contribution in [3.63, 3.8) is 0 Å². The molecule has 2 heterocycles. The molecule has 31 heavy (non-hydrogen) atoms. The first-order valence-corrected chi connectivity index (χ1v) is 9.69. The van der Waals surface area contributed by atoms with Gasteiger partial charge in [0.1, 0.15) is 5.82 Å². The van der Waals surface area contributed by atoms with E-state index in [1.165, 1.54) is 0 Å². The lowest BCUT2D eigenvalue weighted by atomic mass is 10.1. The smallest absolute Gasteiger partial charge is 0.252 e. The molecule has 0 radical (unpaired) electrons. The van der Waals surface area contributed by atoms with Crippen molar-refractivity contribution in [2.24, 2.45) is 11.5 Å². The van der Waals surface area contributed by atoms with Gasteiger partial charge in [-0.05, 0) is 35.9 Å². The molecule has 7 nitrogen and oxygen atoms in total. The second-order valence-corrected chi connectivity index (χ2v) is 6.96. The van der Waals surface area contributed by atoms with Gasteiger partial charge in [-0.2, -0.15) is 0 Å². The van der Waals surface area contributed by atoms with E-state index in [0.717, 1.165) is 22.5 Å².